The van der Waals surface area contributed by atoms with E-state index in [4.69, 9.17) is 4.74 Å². The first-order valence-electron chi connectivity index (χ1n) is 14.1. The highest BCUT2D eigenvalue weighted by atomic mass is 32.2. The van der Waals surface area contributed by atoms with E-state index in [-0.39, 0.29) is 6.03 Å². The van der Waals surface area contributed by atoms with Crippen LogP contribution in [-0.2, 0) is 6.54 Å². The van der Waals surface area contributed by atoms with Crippen molar-refractivity contribution in [3.05, 3.63) is 65.7 Å². The van der Waals surface area contributed by atoms with Gasteiger partial charge in [0, 0.05) is 24.1 Å². The van der Waals surface area contributed by atoms with E-state index in [9.17, 15) is 4.79 Å². The van der Waals surface area contributed by atoms with Crippen LogP contribution in [-0.4, -0.2) is 23.4 Å². The van der Waals surface area contributed by atoms with Crippen molar-refractivity contribution in [1.82, 2.24) is 4.90 Å². The van der Waals surface area contributed by atoms with E-state index >= 15 is 0 Å². The number of hydrogen-bond acceptors (Lipinski definition) is 4. The highest BCUT2D eigenvalue weighted by Gasteiger charge is 2.08. The van der Waals surface area contributed by atoms with Gasteiger partial charge in [0.2, 0.25) is 0 Å². The summed E-state index contributed by atoms with van der Waals surface area (Å²) < 4.78 is 5.88. The smallest absolute Gasteiger partial charge is 0.323 e. The summed E-state index contributed by atoms with van der Waals surface area (Å²) in [6.07, 6.45) is 18.2. The molecular formula is C31H45N3O2S. The summed E-state index contributed by atoms with van der Waals surface area (Å²) in [5.74, 6) is 1.81. The maximum atomic E-state index is 12.5. The zero-order valence-corrected chi connectivity index (χ0v) is 23.4. The zero-order chi connectivity index (χ0) is 26.0. The number of anilines is 2. The lowest BCUT2D eigenvalue weighted by Gasteiger charge is -2.15. The minimum Gasteiger partial charge on any atom is -0.494 e. The quantitative estimate of drug-likeness (QED) is 0.191. The number of unbranched alkanes of at least 4 members (excludes halogenated alkanes) is 11. The summed E-state index contributed by atoms with van der Waals surface area (Å²) >= 11 is 1.79. The highest BCUT2D eigenvalue weighted by Crippen LogP contribution is 2.20. The van der Waals surface area contributed by atoms with Crippen molar-refractivity contribution in [1.29, 1.82) is 0 Å². The van der Waals surface area contributed by atoms with Crippen LogP contribution in [0.4, 0.5) is 16.2 Å². The van der Waals surface area contributed by atoms with Gasteiger partial charge in [0.25, 0.3) is 0 Å². The maximum Gasteiger partial charge on any atom is 0.323 e. The highest BCUT2D eigenvalue weighted by molar-refractivity contribution is 8.02. The fraction of sp³-hybridized carbons (Fsp3) is 0.516. The molecular weight excluding hydrogens is 478 g/mol. The molecule has 0 spiro atoms. The maximum absolute atomic E-state index is 12.5. The van der Waals surface area contributed by atoms with Crippen LogP contribution in [0.5, 0.6) is 5.75 Å². The zero-order valence-electron chi connectivity index (χ0n) is 22.6. The number of urea groups is 1. The predicted octanol–water partition coefficient (Wildman–Crippen LogP) is 9.39. The molecule has 0 radical (unpaired) electrons. The molecule has 0 unspecified atom stereocenters. The summed E-state index contributed by atoms with van der Waals surface area (Å²) in [4.78, 5) is 14.7. The molecule has 6 heteroatoms. The third-order valence-electron chi connectivity index (χ3n) is 6.56. The molecule has 2 amide bonds. The largest absolute Gasteiger partial charge is 0.494 e. The molecule has 202 valence electrons. The minimum absolute atomic E-state index is 0.251. The third-order valence-corrected chi connectivity index (χ3v) is 7.35. The van der Waals surface area contributed by atoms with Gasteiger partial charge in [-0.2, -0.15) is 0 Å². The fourth-order valence-corrected chi connectivity index (χ4v) is 5.17. The molecule has 0 atom stereocenters. The Morgan fingerprint density at radius 2 is 1.49 bits per heavy atom. The number of benzene rings is 2. The van der Waals surface area contributed by atoms with Crippen molar-refractivity contribution in [3.63, 3.8) is 0 Å². The Kier molecular flexibility index (Phi) is 13.9. The Hall–Kier alpha value is -2.60. The Morgan fingerprint density at radius 1 is 0.838 bits per heavy atom. The average Bonchev–Trinajstić information content (AvgIpc) is 3.41. The van der Waals surface area contributed by atoms with E-state index in [2.05, 4.69) is 40.1 Å². The Bertz CT molecular complexity index is 932. The summed E-state index contributed by atoms with van der Waals surface area (Å²) in [7, 11) is 0. The normalized spacial score (nSPS) is 12.6. The molecule has 2 aromatic rings. The van der Waals surface area contributed by atoms with Crippen LogP contribution in [0.25, 0.3) is 0 Å². The SMILES string of the molecule is CCCCCCCCCCCCCCOc1ccc(NC(=O)Nc2cccc(CN3C=CSC3)c2)cc1. The van der Waals surface area contributed by atoms with Gasteiger partial charge in [-0.05, 0) is 53.8 Å². The number of rotatable bonds is 18. The number of ether oxygens (including phenoxy) is 1. The number of nitrogens with zero attached hydrogens (tertiary/aromatic N) is 1. The first-order valence-corrected chi connectivity index (χ1v) is 15.2. The summed E-state index contributed by atoms with van der Waals surface area (Å²) in [6.45, 7) is 3.85. The lowest BCUT2D eigenvalue weighted by Crippen LogP contribution is -2.19. The fourth-order valence-electron chi connectivity index (χ4n) is 4.45. The molecule has 2 aromatic carbocycles. The van der Waals surface area contributed by atoms with Gasteiger partial charge < -0.3 is 20.3 Å². The van der Waals surface area contributed by atoms with E-state index in [0.29, 0.717) is 0 Å². The second-order valence-corrected chi connectivity index (χ2v) is 10.7. The van der Waals surface area contributed by atoms with Gasteiger partial charge in [0.05, 0.1) is 12.5 Å². The van der Waals surface area contributed by atoms with Crippen molar-refractivity contribution in [2.45, 2.75) is 90.5 Å². The van der Waals surface area contributed by atoms with Crippen molar-refractivity contribution < 1.29 is 9.53 Å². The second kappa shape index (κ2) is 17.8. The molecule has 1 aliphatic rings. The van der Waals surface area contributed by atoms with Gasteiger partial charge in [0.1, 0.15) is 5.75 Å². The van der Waals surface area contributed by atoms with E-state index in [1.807, 2.05) is 42.5 Å². The number of nitrogens with one attached hydrogen (secondary N) is 2. The lowest BCUT2D eigenvalue weighted by atomic mass is 10.1. The van der Waals surface area contributed by atoms with Gasteiger partial charge in [-0.3, -0.25) is 0 Å². The third kappa shape index (κ3) is 12.5. The first-order chi connectivity index (χ1) is 18.2. The van der Waals surface area contributed by atoms with Crippen LogP contribution < -0.4 is 15.4 Å². The standard InChI is InChI=1S/C31H45N3O2S/c1-2-3-4-5-6-7-8-9-10-11-12-13-22-36-30-19-17-28(18-20-30)32-31(35)33-29-16-14-15-27(24-29)25-34-21-23-37-26-34/h14-21,23-24H,2-13,22,25-26H2,1H3,(H2,32,33,35). The minimum atomic E-state index is -0.251. The number of thioether (sulfide) groups is 1. The second-order valence-electron chi connectivity index (χ2n) is 9.87. The topological polar surface area (TPSA) is 53.6 Å². The van der Waals surface area contributed by atoms with Crippen molar-refractivity contribution >= 4 is 29.2 Å². The van der Waals surface area contributed by atoms with Crippen LogP contribution >= 0.6 is 11.8 Å². The number of hydrogen-bond donors (Lipinski definition) is 2. The molecule has 0 bridgehead atoms. The number of amides is 2. The van der Waals surface area contributed by atoms with E-state index < -0.39 is 0 Å². The summed E-state index contributed by atoms with van der Waals surface area (Å²) in [5, 5.41) is 7.93. The van der Waals surface area contributed by atoms with Gasteiger partial charge in [0.15, 0.2) is 0 Å². The van der Waals surface area contributed by atoms with E-state index in [0.717, 1.165) is 42.6 Å². The van der Waals surface area contributed by atoms with Gasteiger partial charge in [-0.1, -0.05) is 89.7 Å². The van der Waals surface area contributed by atoms with Crippen LogP contribution in [0.2, 0.25) is 0 Å². The summed E-state index contributed by atoms with van der Waals surface area (Å²) in [5.41, 5.74) is 2.69. The Labute approximate surface area is 228 Å². The molecule has 1 heterocycles. The molecule has 5 nitrogen and oxygen atoms in total. The van der Waals surface area contributed by atoms with Crippen LogP contribution in [0.3, 0.4) is 0 Å². The summed E-state index contributed by atoms with van der Waals surface area (Å²) in [6, 6.07) is 15.3. The lowest BCUT2D eigenvalue weighted by molar-refractivity contribution is 0.262. The predicted molar refractivity (Wildman–Crippen MR) is 159 cm³/mol. The van der Waals surface area contributed by atoms with Crippen molar-refractivity contribution in [2.75, 3.05) is 23.1 Å². The molecule has 0 fully saturated rings. The van der Waals surface area contributed by atoms with Crippen molar-refractivity contribution in [2.24, 2.45) is 0 Å². The van der Waals surface area contributed by atoms with Gasteiger partial charge >= 0.3 is 6.03 Å². The van der Waals surface area contributed by atoms with E-state index in [1.165, 1.54) is 76.2 Å². The first kappa shape index (κ1) is 29.0. The molecule has 1 aliphatic heterocycles. The van der Waals surface area contributed by atoms with Crippen LogP contribution in [0.15, 0.2) is 60.1 Å². The van der Waals surface area contributed by atoms with Crippen molar-refractivity contribution in [3.8, 4) is 5.75 Å². The average molecular weight is 524 g/mol. The van der Waals surface area contributed by atoms with Crippen LogP contribution in [0, 0.1) is 0 Å². The Morgan fingerprint density at radius 3 is 2.14 bits per heavy atom. The van der Waals surface area contributed by atoms with Crippen LogP contribution in [0.1, 0.15) is 89.5 Å². The van der Waals surface area contributed by atoms with Gasteiger partial charge in [-0.15, -0.1) is 11.8 Å². The molecule has 0 aromatic heterocycles. The number of carbonyl (C=O) groups is 1. The molecule has 0 saturated carbocycles. The molecule has 0 saturated heterocycles. The number of carbonyl (C=O) groups excluding carboxylic acids is 1. The molecule has 3 rings (SSSR count). The Balaban J connectivity index is 1.23. The van der Waals surface area contributed by atoms with E-state index in [1.54, 1.807) is 11.8 Å². The molecule has 2 N–H and O–H groups in total. The monoisotopic (exact) mass is 523 g/mol. The van der Waals surface area contributed by atoms with Gasteiger partial charge in [-0.25, -0.2) is 4.79 Å². The molecule has 37 heavy (non-hydrogen) atoms. The molecule has 0 aliphatic carbocycles.